The Morgan fingerprint density at radius 2 is 1.92 bits per heavy atom. The number of hydrogen-bond acceptors (Lipinski definition) is 5. The van der Waals surface area contributed by atoms with Crippen LogP contribution in [-0.4, -0.2) is 40.0 Å². The van der Waals surface area contributed by atoms with E-state index < -0.39 is 0 Å². The van der Waals surface area contributed by atoms with Crippen LogP contribution in [0, 0.1) is 5.41 Å². The van der Waals surface area contributed by atoms with Gasteiger partial charge in [0.25, 0.3) is 0 Å². The minimum Gasteiger partial charge on any atom is -0.510 e. The number of rotatable bonds is 3. The average Bonchev–Trinajstić information content (AvgIpc) is 3.11. The van der Waals surface area contributed by atoms with Crippen molar-refractivity contribution in [3.8, 4) is 17.0 Å². The molecular formula is C18H21N3O2S. The van der Waals surface area contributed by atoms with Crippen molar-refractivity contribution in [1.29, 1.82) is 5.41 Å². The van der Waals surface area contributed by atoms with Crippen LogP contribution in [0.5, 0.6) is 5.75 Å². The first kappa shape index (κ1) is 16.5. The van der Waals surface area contributed by atoms with Crippen molar-refractivity contribution >= 4 is 22.7 Å². The fourth-order valence-electron chi connectivity index (χ4n) is 2.66. The van der Waals surface area contributed by atoms with Crippen LogP contribution >= 0.6 is 11.3 Å². The predicted octanol–water partition coefficient (Wildman–Crippen LogP) is 4.18. The molecular weight excluding hydrogens is 322 g/mol. The number of thiazole rings is 1. The van der Waals surface area contributed by atoms with Gasteiger partial charge in [-0.1, -0.05) is 0 Å². The van der Waals surface area contributed by atoms with E-state index in [0.717, 1.165) is 17.0 Å². The Morgan fingerprint density at radius 1 is 1.25 bits per heavy atom. The molecule has 0 amide bonds. The lowest BCUT2D eigenvalue weighted by Crippen LogP contribution is -2.43. The summed E-state index contributed by atoms with van der Waals surface area (Å²) in [6.07, 6.45) is 0. The van der Waals surface area contributed by atoms with Gasteiger partial charge in [-0.3, -0.25) is 5.41 Å². The molecule has 0 aliphatic carbocycles. The van der Waals surface area contributed by atoms with Gasteiger partial charge in [-0.15, -0.1) is 11.3 Å². The molecule has 0 bridgehead atoms. The molecule has 0 fully saturated rings. The largest absolute Gasteiger partial charge is 0.510 e. The first-order valence-electron chi connectivity index (χ1n) is 7.70. The second-order valence-electron chi connectivity index (χ2n) is 6.69. The summed E-state index contributed by atoms with van der Waals surface area (Å²) >= 11 is 1.44. The molecule has 5 nitrogen and oxygen atoms in total. The van der Waals surface area contributed by atoms with Crippen LogP contribution in [0.15, 0.2) is 35.4 Å². The summed E-state index contributed by atoms with van der Waals surface area (Å²) in [5.74, 6) is 1.34. The average molecular weight is 343 g/mol. The van der Waals surface area contributed by atoms with Gasteiger partial charge in [-0.25, -0.2) is 4.98 Å². The molecule has 0 spiro atoms. The van der Waals surface area contributed by atoms with Crippen LogP contribution in [0.1, 0.15) is 25.8 Å². The molecule has 2 N–H and O–H groups in total. The van der Waals surface area contributed by atoms with E-state index in [9.17, 15) is 5.11 Å². The molecule has 126 valence electrons. The highest BCUT2D eigenvalue weighted by Crippen LogP contribution is 2.35. The van der Waals surface area contributed by atoms with Crippen LogP contribution in [0.25, 0.3) is 16.8 Å². The lowest BCUT2D eigenvalue weighted by molar-refractivity contribution is 0.235. The Morgan fingerprint density at radius 3 is 2.46 bits per heavy atom. The van der Waals surface area contributed by atoms with Crippen molar-refractivity contribution in [2.45, 2.75) is 26.3 Å². The summed E-state index contributed by atoms with van der Waals surface area (Å²) in [6.45, 7) is 6.45. The molecule has 0 unspecified atom stereocenters. The quantitative estimate of drug-likeness (QED) is 0.877. The number of aromatic nitrogens is 1. The normalized spacial score (nSPS) is 15.3. The summed E-state index contributed by atoms with van der Waals surface area (Å²) in [7, 11) is 1.64. The van der Waals surface area contributed by atoms with E-state index in [2.05, 4.69) is 4.98 Å². The van der Waals surface area contributed by atoms with E-state index in [0.29, 0.717) is 23.0 Å². The Labute approximate surface area is 145 Å². The van der Waals surface area contributed by atoms with Crippen molar-refractivity contribution in [2.75, 3.05) is 13.7 Å². The third kappa shape index (κ3) is 2.89. The standard InChI is InChI=1S/C18H21N3O2S/c1-18(2,3)21-9-14(22)15(16(21)19)17-20-13(10-24-17)11-5-7-12(23-4)8-6-11/h5-8,10,19,22H,9H2,1-4H3. The second-order valence-corrected chi connectivity index (χ2v) is 7.55. The van der Waals surface area contributed by atoms with Crippen molar-refractivity contribution < 1.29 is 9.84 Å². The van der Waals surface area contributed by atoms with Crippen molar-refractivity contribution in [1.82, 2.24) is 9.88 Å². The van der Waals surface area contributed by atoms with E-state index in [4.69, 9.17) is 10.1 Å². The lowest BCUT2D eigenvalue weighted by atomic mass is 10.1. The molecule has 1 aliphatic heterocycles. The summed E-state index contributed by atoms with van der Waals surface area (Å²) in [5, 5.41) is 21.4. The minimum atomic E-state index is -0.219. The van der Waals surface area contributed by atoms with E-state index in [1.54, 1.807) is 7.11 Å². The molecule has 0 saturated heterocycles. The monoisotopic (exact) mass is 343 g/mol. The smallest absolute Gasteiger partial charge is 0.135 e. The highest BCUT2D eigenvalue weighted by atomic mass is 32.1. The maximum Gasteiger partial charge on any atom is 0.135 e. The first-order chi connectivity index (χ1) is 11.3. The number of aliphatic hydroxyl groups excluding tert-OH is 1. The Bertz CT molecular complexity index is 800. The molecule has 1 aliphatic rings. The Hall–Kier alpha value is -2.34. The van der Waals surface area contributed by atoms with Crippen molar-refractivity contribution in [2.24, 2.45) is 0 Å². The lowest BCUT2D eigenvalue weighted by Gasteiger charge is -2.33. The molecule has 6 heteroatoms. The third-order valence-electron chi connectivity index (χ3n) is 4.02. The van der Waals surface area contributed by atoms with E-state index >= 15 is 0 Å². The van der Waals surface area contributed by atoms with Gasteiger partial charge in [0.1, 0.15) is 22.4 Å². The number of ether oxygens (including phenoxy) is 1. The molecule has 1 aromatic heterocycles. The minimum absolute atomic E-state index is 0.213. The highest BCUT2D eigenvalue weighted by Gasteiger charge is 2.36. The maximum atomic E-state index is 10.3. The summed E-state index contributed by atoms with van der Waals surface area (Å²) in [6, 6.07) is 7.69. The number of aliphatic hydroxyl groups is 1. The predicted molar refractivity (Wildman–Crippen MR) is 97.8 cm³/mol. The molecule has 1 aromatic carbocycles. The van der Waals surface area contributed by atoms with Gasteiger partial charge in [0.15, 0.2) is 0 Å². The van der Waals surface area contributed by atoms with Gasteiger partial charge in [0, 0.05) is 16.5 Å². The zero-order valence-corrected chi connectivity index (χ0v) is 15.1. The SMILES string of the molecule is COc1ccc(-c2csc(C3=C(O)CN(C(C)(C)C)C3=N)n2)cc1. The number of nitrogens with zero attached hydrogens (tertiary/aromatic N) is 2. The van der Waals surface area contributed by atoms with Gasteiger partial charge in [-0.2, -0.15) is 0 Å². The molecule has 0 atom stereocenters. The third-order valence-corrected chi connectivity index (χ3v) is 4.88. The molecule has 0 radical (unpaired) electrons. The number of hydrogen-bond donors (Lipinski definition) is 2. The number of methoxy groups -OCH3 is 1. The van der Waals surface area contributed by atoms with Crippen LogP contribution in [-0.2, 0) is 0 Å². The van der Waals surface area contributed by atoms with E-state index in [1.165, 1.54) is 11.3 Å². The van der Waals surface area contributed by atoms with E-state index in [1.807, 2.05) is 55.3 Å². The summed E-state index contributed by atoms with van der Waals surface area (Å²) < 4.78 is 5.17. The second kappa shape index (κ2) is 5.94. The summed E-state index contributed by atoms with van der Waals surface area (Å²) in [5.41, 5.74) is 2.13. The van der Waals surface area contributed by atoms with Gasteiger partial charge in [-0.05, 0) is 45.0 Å². The van der Waals surface area contributed by atoms with Crippen LogP contribution in [0.4, 0.5) is 0 Å². The van der Waals surface area contributed by atoms with Crippen molar-refractivity contribution in [3.63, 3.8) is 0 Å². The maximum absolute atomic E-state index is 10.3. The van der Waals surface area contributed by atoms with Crippen molar-refractivity contribution in [3.05, 3.63) is 40.4 Å². The Kier molecular flexibility index (Phi) is 4.09. The van der Waals surface area contributed by atoms with Gasteiger partial charge in [0.05, 0.1) is 24.9 Å². The van der Waals surface area contributed by atoms with E-state index in [-0.39, 0.29) is 11.3 Å². The topological polar surface area (TPSA) is 69.4 Å². The molecule has 24 heavy (non-hydrogen) atoms. The van der Waals surface area contributed by atoms with Crippen LogP contribution in [0.3, 0.4) is 0 Å². The Balaban J connectivity index is 1.90. The highest BCUT2D eigenvalue weighted by molar-refractivity contribution is 7.11. The molecule has 0 saturated carbocycles. The fraction of sp³-hybridized carbons (Fsp3) is 0.333. The summed E-state index contributed by atoms with van der Waals surface area (Å²) in [4.78, 5) is 6.51. The van der Waals surface area contributed by atoms with Crippen LogP contribution in [0.2, 0.25) is 0 Å². The number of benzene rings is 1. The molecule has 3 rings (SSSR count). The molecule has 2 heterocycles. The molecule has 2 aromatic rings. The van der Waals surface area contributed by atoms with Gasteiger partial charge in [0.2, 0.25) is 0 Å². The number of nitrogens with one attached hydrogen (secondary N) is 1. The fourth-order valence-corrected chi connectivity index (χ4v) is 3.56. The van der Waals surface area contributed by atoms with Gasteiger partial charge < -0.3 is 14.7 Å². The zero-order valence-electron chi connectivity index (χ0n) is 14.3. The van der Waals surface area contributed by atoms with Crippen LogP contribution < -0.4 is 4.74 Å². The van der Waals surface area contributed by atoms with Gasteiger partial charge >= 0.3 is 0 Å². The first-order valence-corrected chi connectivity index (χ1v) is 8.58. The zero-order chi connectivity index (χ0) is 17.5. The number of amidine groups is 1.